The highest BCUT2D eigenvalue weighted by molar-refractivity contribution is 8.19. The van der Waals surface area contributed by atoms with Crippen molar-refractivity contribution in [3.8, 4) is 11.5 Å². The minimum Gasteiger partial charge on any atom is -0.493 e. The average Bonchev–Trinajstić information content (AvgIpc) is 3.30. The van der Waals surface area contributed by atoms with Gasteiger partial charge in [-0.05, 0) is 54.3 Å². The van der Waals surface area contributed by atoms with E-state index in [4.69, 9.17) is 14.2 Å². The van der Waals surface area contributed by atoms with Crippen LogP contribution in [0.5, 0.6) is 11.5 Å². The topological polar surface area (TPSA) is 73.9 Å². The van der Waals surface area contributed by atoms with Crippen LogP contribution in [0, 0.1) is 0 Å². The highest BCUT2D eigenvalue weighted by Gasteiger charge is 2.32. The number of hydrogen-bond acceptors (Lipinski definition) is 8. The number of amides is 1. The Bertz CT molecular complexity index is 951. The number of carbonyl (C=O) groups is 2. The van der Waals surface area contributed by atoms with Crippen LogP contribution in [0.15, 0.2) is 23.6 Å². The van der Waals surface area contributed by atoms with Gasteiger partial charge in [0.25, 0.3) is 5.91 Å². The summed E-state index contributed by atoms with van der Waals surface area (Å²) in [5.41, 5.74) is 2.64. The number of benzene rings is 1. The smallest absolute Gasteiger partial charge is 0.341 e. The second-order valence-electron chi connectivity index (χ2n) is 7.21. The van der Waals surface area contributed by atoms with E-state index in [-0.39, 0.29) is 18.5 Å². The number of ether oxygens (including phenoxy) is 3. The number of anilines is 1. The maximum Gasteiger partial charge on any atom is 0.341 e. The van der Waals surface area contributed by atoms with E-state index in [0.29, 0.717) is 39.2 Å². The molecule has 1 aliphatic carbocycles. The van der Waals surface area contributed by atoms with Crippen LogP contribution < -0.4 is 14.8 Å². The first-order valence-electron chi connectivity index (χ1n) is 10.2. The fraction of sp³-hybridized carbons (Fsp3) is 0.455. The van der Waals surface area contributed by atoms with Crippen molar-refractivity contribution in [1.29, 1.82) is 0 Å². The third kappa shape index (κ3) is 5.32. The van der Waals surface area contributed by atoms with E-state index < -0.39 is 0 Å². The van der Waals surface area contributed by atoms with Gasteiger partial charge in [0, 0.05) is 11.5 Å². The Balaban J connectivity index is 1.41. The van der Waals surface area contributed by atoms with Gasteiger partial charge in [0.1, 0.15) is 5.00 Å². The highest BCUT2D eigenvalue weighted by Crippen LogP contribution is 2.47. The fourth-order valence-electron chi connectivity index (χ4n) is 3.38. The van der Waals surface area contributed by atoms with E-state index >= 15 is 0 Å². The van der Waals surface area contributed by atoms with Crippen LogP contribution in [0.2, 0.25) is 0 Å². The molecule has 1 aromatic heterocycles. The third-order valence-electron chi connectivity index (χ3n) is 5.01. The Morgan fingerprint density at radius 1 is 1.16 bits per heavy atom. The number of rotatable bonds is 9. The highest BCUT2D eigenvalue weighted by atomic mass is 32.2. The summed E-state index contributed by atoms with van der Waals surface area (Å²) in [6, 6.07) is 5.84. The Hall–Kier alpha value is -1.84. The van der Waals surface area contributed by atoms with Crippen molar-refractivity contribution < 1.29 is 23.8 Å². The molecule has 9 heteroatoms. The quantitative estimate of drug-likeness (QED) is 0.489. The van der Waals surface area contributed by atoms with Gasteiger partial charge in [0.15, 0.2) is 18.1 Å². The molecular formula is C22H25NO5S3. The number of methoxy groups -OCH3 is 1. The lowest BCUT2D eigenvalue weighted by Gasteiger charge is -2.14. The van der Waals surface area contributed by atoms with Gasteiger partial charge in [-0.2, -0.15) is 0 Å². The second-order valence-corrected chi connectivity index (χ2v) is 10.8. The molecule has 0 spiro atoms. The fourth-order valence-corrected chi connectivity index (χ4v) is 7.26. The van der Waals surface area contributed by atoms with Gasteiger partial charge in [0.2, 0.25) is 0 Å². The molecule has 2 fully saturated rings. The minimum absolute atomic E-state index is 0.179. The van der Waals surface area contributed by atoms with Crippen LogP contribution in [-0.4, -0.2) is 43.7 Å². The first-order chi connectivity index (χ1) is 15.1. The molecule has 0 radical (unpaired) electrons. The number of hydrogen-bond donors (Lipinski definition) is 1. The molecule has 2 aromatic rings. The summed E-state index contributed by atoms with van der Waals surface area (Å²) in [6.07, 6.45) is 2.13. The summed E-state index contributed by atoms with van der Waals surface area (Å²) in [5.74, 6) is 3.09. The van der Waals surface area contributed by atoms with Crippen LogP contribution in [0.25, 0.3) is 0 Å². The van der Waals surface area contributed by atoms with Crippen molar-refractivity contribution in [2.24, 2.45) is 0 Å². The molecule has 6 nitrogen and oxygen atoms in total. The molecule has 2 aliphatic rings. The van der Waals surface area contributed by atoms with Crippen LogP contribution in [0.1, 0.15) is 51.8 Å². The van der Waals surface area contributed by atoms with E-state index in [1.807, 2.05) is 47.1 Å². The lowest BCUT2D eigenvalue weighted by Crippen LogP contribution is -2.21. The molecule has 1 N–H and O–H groups in total. The lowest BCUT2D eigenvalue weighted by atomic mass is 10.1. The summed E-state index contributed by atoms with van der Waals surface area (Å²) in [4.78, 5) is 25.0. The van der Waals surface area contributed by atoms with Crippen molar-refractivity contribution in [2.75, 3.05) is 37.1 Å². The zero-order valence-corrected chi connectivity index (χ0v) is 19.9. The second kappa shape index (κ2) is 10.2. The summed E-state index contributed by atoms with van der Waals surface area (Å²) in [5, 5.41) is 5.29. The van der Waals surface area contributed by atoms with E-state index in [2.05, 4.69) is 5.32 Å². The Morgan fingerprint density at radius 2 is 1.94 bits per heavy atom. The zero-order valence-electron chi connectivity index (χ0n) is 17.5. The van der Waals surface area contributed by atoms with E-state index in [9.17, 15) is 9.59 Å². The number of nitrogens with one attached hydrogen (secondary N) is 1. The van der Waals surface area contributed by atoms with Gasteiger partial charge in [-0.15, -0.1) is 34.9 Å². The maximum absolute atomic E-state index is 12.6. The minimum atomic E-state index is -0.387. The first-order valence-corrected chi connectivity index (χ1v) is 13.2. The molecule has 166 valence electrons. The van der Waals surface area contributed by atoms with Crippen molar-refractivity contribution in [2.45, 2.75) is 30.3 Å². The van der Waals surface area contributed by atoms with Crippen molar-refractivity contribution in [3.05, 3.63) is 40.3 Å². The summed E-state index contributed by atoms with van der Waals surface area (Å²) < 4.78 is 16.8. The Morgan fingerprint density at radius 3 is 2.61 bits per heavy atom. The molecule has 2 heterocycles. The van der Waals surface area contributed by atoms with Gasteiger partial charge >= 0.3 is 5.97 Å². The maximum atomic E-state index is 12.6. The number of carbonyl (C=O) groups excluding carboxylic acids is 2. The normalized spacial score (nSPS) is 16.2. The van der Waals surface area contributed by atoms with E-state index in [1.54, 1.807) is 14.0 Å². The number of thiophene rings is 1. The van der Waals surface area contributed by atoms with Gasteiger partial charge in [-0.25, -0.2) is 4.79 Å². The first kappa shape index (κ1) is 22.4. The largest absolute Gasteiger partial charge is 0.493 e. The van der Waals surface area contributed by atoms with E-state index in [0.717, 1.165) is 29.9 Å². The van der Waals surface area contributed by atoms with Gasteiger partial charge < -0.3 is 19.5 Å². The third-order valence-corrected chi connectivity index (χ3v) is 9.03. The van der Waals surface area contributed by atoms with Crippen LogP contribution in [-0.2, 0) is 9.53 Å². The zero-order chi connectivity index (χ0) is 21.8. The lowest BCUT2D eigenvalue weighted by molar-refractivity contribution is -0.118. The molecule has 0 atom stereocenters. The predicted octanol–water partition coefficient (Wildman–Crippen LogP) is 5.31. The molecule has 4 rings (SSSR count). The molecular weight excluding hydrogens is 454 g/mol. The van der Waals surface area contributed by atoms with Crippen LogP contribution >= 0.6 is 34.9 Å². The molecule has 0 unspecified atom stereocenters. The van der Waals surface area contributed by atoms with Gasteiger partial charge in [-0.1, -0.05) is 6.07 Å². The van der Waals surface area contributed by atoms with Crippen molar-refractivity contribution >= 4 is 51.7 Å². The van der Waals surface area contributed by atoms with E-state index in [1.165, 1.54) is 16.9 Å². The average molecular weight is 480 g/mol. The summed E-state index contributed by atoms with van der Waals surface area (Å²) in [7, 11) is 1.59. The Labute approximate surface area is 194 Å². The predicted molar refractivity (Wildman–Crippen MR) is 127 cm³/mol. The molecule has 1 aliphatic heterocycles. The molecule has 1 saturated carbocycles. The van der Waals surface area contributed by atoms with Gasteiger partial charge in [0.05, 0.1) is 23.9 Å². The van der Waals surface area contributed by atoms with Crippen molar-refractivity contribution in [3.63, 3.8) is 0 Å². The monoisotopic (exact) mass is 479 g/mol. The van der Waals surface area contributed by atoms with Crippen molar-refractivity contribution in [1.82, 2.24) is 0 Å². The van der Waals surface area contributed by atoms with Crippen LogP contribution in [0.3, 0.4) is 0 Å². The van der Waals surface area contributed by atoms with Gasteiger partial charge in [-0.3, -0.25) is 4.79 Å². The molecule has 1 saturated heterocycles. The molecule has 0 bridgehead atoms. The SMILES string of the molecule is CCOC(=O)c1c(C2CC2)csc1NC(=O)COc1ccc(C2SCCS2)cc1OC. The number of esters is 1. The standard InChI is InChI=1S/C22H25NO5S3/c1-3-27-21(25)19-15(13-4-5-13)12-31-20(19)23-18(24)11-28-16-7-6-14(10-17(16)26-2)22-29-8-9-30-22/h6-7,10,12-13,22H,3-5,8-9,11H2,1-2H3,(H,23,24). The molecule has 1 aromatic carbocycles. The summed E-state index contributed by atoms with van der Waals surface area (Å²) >= 11 is 5.20. The Kier molecular flexibility index (Phi) is 7.35. The molecule has 31 heavy (non-hydrogen) atoms. The number of thioether (sulfide) groups is 2. The summed E-state index contributed by atoms with van der Waals surface area (Å²) in [6.45, 7) is 1.89. The molecule has 1 amide bonds. The van der Waals surface area contributed by atoms with Crippen LogP contribution in [0.4, 0.5) is 5.00 Å².